The lowest BCUT2D eigenvalue weighted by molar-refractivity contribution is -0.145. The van der Waals surface area contributed by atoms with E-state index < -0.39 is 115 Å². The summed E-state index contributed by atoms with van der Waals surface area (Å²) in [4.78, 5) is 144. The molecule has 29 heteroatoms. The molecule has 0 saturated carbocycles. The van der Waals surface area contributed by atoms with E-state index in [1.807, 2.05) is 66.4 Å². The van der Waals surface area contributed by atoms with Crippen LogP contribution in [0.2, 0.25) is 0 Å². The second-order valence-corrected chi connectivity index (χ2v) is 27.4. The van der Waals surface area contributed by atoms with Crippen LogP contribution in [-0.4, -0.2) is 202 Å². The fourth-order valence-electron chi connectivity index (χ4n) is 13.7. The summed E-state index contributed by atoms with van der Waals surface area (Å²) in [5.41, 5.74) is 10.6. The van der Waals surface area contributed by atoms with Crippen LogP contribution in [0.25, 0.3) is 16.5 Å². The van der Waals surface area contributed by atoms with Crippen molar-refractivity contribution in [2.45, 2.75) is 157 Å². The number of hydrogen-bond acceptors (Lipinski definition) is 17. The van der Waals surface area contributed by atoms with Gasteiger partial charge in [-0.3, -0.25) is 52.6 Å². The lowest BCUT2D eigenvalue weighted by Gasteiger charge is -2.30. The number of primary amides is 1. The number of allylic oxidation sites excluding steroid dienone is 1. The molecular weight excluding hydrogens is 1310 g/mol. The van der Waals surface area contributed by atoms with Gasteiger partial charge in [-0.2, -0.15) is 11.8 Å². The molecule has 4 aliphatic heterocycles. The van der Waals surface area contributed by atoms with E-state index >= 15 is 9.59 Å². The number of aryl methyl sites for hydroxylation is 1. The predicted molar refractivity (Wildman–Crippen MR) is 366 cm³/mol. The molecule has 10 rings (SSSR count). The molecule has 1 aliphatic carbocycles. The van der Waals surface area contributed by atoms with Crippen LogP contribution in [-0.2, 0) is 94.4 Å². The van der Waals surface area contributed by atoms with E-state index in [1.54, 1.807) is 12.4 Å². The van der Waals surface area contributed by atoms with Crippen LogP contribution in [0.3, 0.4) is 0 Å². The maximum atomic E-state index is 15.2. The number of rotatable bonds is 25. The number of nitrogens with zero attached hydrogens (tertiary/aromatic N) is 4. The number of nitrogens with two attached hydrogens (primary N) is 1. The van der Waals surface area contributed by atoms with Gasteiger partial charge in [0.1, 0.15) is 42.6 Å². The number of aromatic amines is 1. The first-order valence-corrected chi connectivity index (χ1v) is 35.6. The molecule has 3 fully saturated rings. The van der Waals surface area contributed by atoms with Gasteiger partial charge >= 0.3 is 0 Å². The van der Waals surface area contributed by atoms with Gasteiger partial charge in [-0.1, -0.05) is 72.3 Å². The van der Waals surface area contributed by atoms with Crippen molar-refractivity contribution in [1.82, 2.24) is 62.1 Å². The number of benzene rings is 3. The molecule has 100 heavy (non-hydrogen) atoms. The number of para-hydroxylation sites is 1. The van der Waals surface area contributed by atoms with Crippen molar-refractivity contribution in [1.29, 1.82) is 0 Å². The van der Waals surface area contributed by atoms with Gasteiger partial charge < -0.3 is 72.2 Å². The van der Waals surface area contributed by atoms with Crippen molar-refractivity contribution < 1.29 is 71.7 Å². The number of ketones is 1. The number of thioether (sulfide) groups is 1. The summed E-state index contributed by atoms with van der Waals surface area (Å²) < 4.78 is 32.6. The van der Waals surface area contributed by atoms with Gasteiger partial charge in [0.15, 0.2) is 5.78 Å². The Labute approximate surface area is 582 Å². The average molecular weight is 1400 g/mol. The molecule has 9 amide bonds. The number of carbonyl (C=O) groups is 10. The number of Topliss-reactive ketones (excluding diaryl/α,β-unsaturated/α-hetero) is 1. The first kappa shape index (κ1) is 73.8. The van der Waals surface area contributed by atoms with Crippen LogP contribution in [0.1, 0.15) is 105 Å². The highest BCUT2D eigenvalue weighted by atomic mass is 32.2. The number of aliphatic hydroxyl groups is 1. The van der Waals surface area contributed by atoms with Crippen LogP contribution >= 0.6 is 11.8 Å². The molecule has 11 N–H and O–H groups in total. The number of ether oxygens (including phenoxy) is 3. The first-order valence-electron chi connectivity index (χ1n) is 34.6. The Kier molecular flexibility index (Phi) is 26.9. The molecule has 5 aromatic rings. The summed E-state index contributed by atoms with van der Waals surface area (Å²) in [6.07, 6.45) is 9.61. The minimum absolute atomic E-state index is 0.00208. The summed E-state index contributed by atoms with van der Waals surface area (Å²) in [6.45, 7) is 0.212. The molecule has 0 unspecified atom stereocenters. The van der Waals surface area contributed by atoms with E-state index in [0.717, 1.165) is 52.6 Å². The van der Waals surface area contributed by atoms with E-state index in [4.69, 9.17) is 19.9 Å². The number of fused-ring (bicyclic) bond motifs is 6. The van der Waals surface area contributed by atoms with Gasteiger partial charge in [0, 0.05) is 111 Å². The van der Waals surface area contributed by atoms with Crippen molar-refractivity contribution >= 4 is 87.2 Å². The Hall–Kier alpha value is -8.90. The standard InChI is InChI=1S/C71H90FN13O14S/c72-48-22-18-43(19-23-48)32-56-67(92)78-54(66(73)91)14-7-8-25-84-39-49(82-83-84)36-55(76-65(90)41-99-31-30-98-29-28-97-27-24-74-63(88)17-6-5-16-62-52-37-64(89)77-59(52)42-100-62)61(87)35-47(40-86)71(96)85-26-9-15-60(85)70(95)81-58(34-46-38-75-53-13-4-3-12-51(46)53)69(94)80-57(68(93)79-56)33-45-21-20-44-10-1-2-11-50(44)45/h1-4,10-13,18-19,21-23,38-39,47,52,54-60,62,75,86H,5-9,14-17,20,24-37,40-42H2,(H2,73,91)(H,74,88)(H,76,90)(H,77,89)(H,78,92)(H,79,93)(H,80,94)(H,81,95)/t47-,52-,54+,55+,56-,57-,58-,59-,60-,62-/m1/s1. The number of aromatic nitrogens is 4. The molecule has 5 aliphatic rings. The van der Waals surface area contributed by atoms with Crippen molar-refractivity contribution in [2.75, 3.05) is 65.1 Å². The Morgan fingerprint density at radius 2 is 1.45 bits per heavy atom. The topological polar surface area (TPSA) is 379 Å². The van der Waals surface area contributed by atoms with Crippen molar-refractivity contribution in [3.05, 3.63) is 125 Å². The van der Waals surface area contributed by atoms with Gasteiger partial charge in [0.05, 0.1) is 57.3 Å². The van der Waals surface area contributed by atoms with Crippen LogP contribution < -0.4 is 43.0 Å². The number of aliphatic hydroxyl groups excluding tert-OH is 1. The van der Waals surface area contributed by atoms with Crippen LogP contribution in [0.15, 0.2) is 91.3 Å². The second-order valence-electron chi connectivity index (χ2n) is 26.2. The number of amides is 9. The number of H-pyrrole nitrogens is 1. The Morgan fingerprint density at radius 3 is 2.24 bits per heavy atom. The third-order valence-electron chi connectivity index (χ3n) is 19.0. The molecule has 536 valence electrons. The molecule has 2 aromatic heterocycles. The largest absolute Gasteiger partial charge is 0.396 e. The van der Waals surface area contributed by atoms with Crippen LogP contribution in [0.5, 0.6) is 0 Å². The molecule has 3 aromatic carbocycles. The van der Waals surface area contributed by atoms with Gasteiger partial charge in [-0.05, 0) is 97.4 Å². The molecule has 10 atom stereocenters. The average Bonchev–Trinajstić information content (AvgIpc) is 1.64. The Balaban J connectivity index is 0.802. The highest BCUT2D eigenvalue weighted by Crippen LogP contribution is 2.41. The molecule has 27 nitrogen and oxygen atoms in total. The second kappa shape index (κ2) is 36.4. The monoisotopic (exact) mass is 1400 g/mol. The normalized spacial score (nSPS) is 24.2. The summed E-state index contributed by atoms with van der Waals surface area (Å²) in [5, 5.41) is 40.5. The lowest BCUT2D eigenvalue weighted by atomic mass is 9.94. The smallest absolute Gasteiger partial charge is 0.246 e. The fraction of sp³-hybridized carbons (Fsp3) is 0.521. The zero-order valence-electron chi connectivity index (χ0n) is 55.9. The van der Waals surface area contributed by atoms with E-state index in [0.29, 0.717) is 67.4 Å². The lowest BCUT2D eigenvalue weighted by Crippen LogP contribution is -2.59. The highest BCUT2D eigenvalue weighted by Gasteiger charge is 2.44. The zero-order chi connectivity index (χ0) is 70.5. The summed E-state index contributed by atoms with van der Waals surface area (Å²) in [5.74, 6) is -6.46. The van der Waals surface area contributed by atoms with E-state index in [1.165, 1.54) is 33.8 Å². The van der Waals surface area contributed by atoms with E-state index in [2.05, 4.69) is 52.5 Å². The molecule has 0 spiro atoms. The predicted octanol–water partition coefficient (Wildman–Crippen LogP) is 1.95. The number of nitrogens with one attached hydrogen (secondary N) is 8. The number of unbranched alkanes of at least 4 members (excludes halogenated alkanes) is 1. The van der Waals surface area contributed by atoms with Crippen LogP contribution in [0.4, 0.5) is 4.39 Å². The third-order valence-corrected chi connectivity index (χ3v) is 20.6. The van der Waals surface area contributed by atoms with E-state index in [9.17, 15) is 47.9 Å². The fourth-order valence-corrected chi connectivity index (χ4v) is 15.3. The molecule has 6 heterocycles. The summed E-state index contributed by atoms with van der Waals surface area (Å²) in [7, 11) is 0. The SMILES string of the molecule is NC(=O)[C@@H]1CCCCn2cc(nn2)C[C@H](NC(=O)COCCOCCOCCNC(=O)CCCC[C@H]2SC[C@H]3NC(=O)C[C@H]32)C(=O)C[C@H](CO)C(=O)N2CCC[C@@H]2C(=O)N[C@H](Cc2c[nH]c3ccccc23)C(=O)N[C@H](CC2=CCc3ccccc32)C(=O)N[C@H](Cc2ccc(F)cc2)C(=O)N1. The van der Waals surface area contributed by atoms with Gasteiger partial charge in [0.2, 0.25) is 53.2 Å². The summed E-state index contributed by atoms with van der Waals surface area (Å²) in [6, 6.07) is 12.7. The minimum atomic E-state index is -1.40. The number of carbonyl (C=O) groups excluding carboxylic acids is 10. The third kappa shape index (κ3) is 20.6. The quantitative estimate of drug-likeness (QED) is 0.0373. The summed E-state index contributed by atoms with van der Waals surface area (Å²) >= 11 is 1.91. The first-order chi connectivity index (χ1) is 48.5. The van der Waals surface area contributed by atoms with Gasteiger partial charge in [-0.15, -0.1) is 5.10 Å². The highest BCUT2D eigenvalue weighted by molar-refractivity contribution is 8.00. The van der Waals surface area contributed by atoms with Crippen LogP contribution in [0, 0.1) is 17.7 Å². The van der Waals surface area contributed by atoms with Gasteiger partial charge in [0.25, 0.3) is 0 Å². The van der Waals surface area contributed by atoms with Crippen molar-refractivity contribution in [3.8, 4) is 0 Å². The minimum Gasteiger partial charge on any atom is -0.396 e. The van der Waals surface area contributed by atoms with Crippen molar-refractivity contribution in [3.63, 3.8) is 0 Å². The van der Waals surface area contributed by atoms with Gasteiger partial charge in [-0.25, -0.2) is 4.39 Å². The number of hydrogen-bond donors (Lipinski definition) is 10. The molecule has 3 saturated heterocycles. The van der Waals surface area contributed by atoms with Crippen molar-refractivity contribution in [2.24, 2.45) is 17.6 Å². The number of halogens is 1. The maximum absolute atomic E-state index is 15.2. The molecule has 0 radical (unpaired) electrons. The molecule has 2 bridgehead atoms. The van der Waals surface area contributed by atoms with E-state index in [-0.39, 0.29) is 108 Å². The Bertz CT molecular complexity index is 3740. The Morgan fingerprint density at radius 1 is 0.730 bits per heavy atom. The maximum Gasteiger partial charge on any atom is 0.246 e. The zero-order valence-corrected chi connectivity index (χ0v) is 56.7. The molecular formula is C71H90FN13O14S.